The molecule has 0 bridgehead atoms. The molecule has 0 saturated carbocycles. The van der Waals surface area contributed by atoms with E-state index >= 15 is 0 Å². The number of nitrogens with one attached hydrogen (secondary N) is 2. The minimum atomic E-state index is -4.04. The van der Waals surface area contributed by atoms with Crippen LogP contribution in [0, 0.1) is 5.82 Å². The van der Waals surface area contributed by atoms with E-state index in [1.54, 1.807) is 24.3 Å². The highest BCUT2D eigenvalue weighted by atomic mass is 32.2. The normalized spacial score (nSPS) is 13.5. The van der Waals surface area contributed by atoms with E-state index in [9.17, 15) is 22.4 Å². The van der Waals surface area contributed by atoms with E-state index in [-0.39, 0.29) is 22.8 Å². The molecule has 2 N–H and O–H groups in total. The maximum atomic E-state index is 13.8. The van der Waals surface area contributed by atoms with E-state index in [0.717, 1.165) is 6.07 Å². The van der Waals surface area contributed by atoms with Gasteiger partial charge in [-0.1, -0.05) is 24.3 Å². The van der Waals surface area contributed by atoms with Crippen molar-refractivity contribution in [3.8, 4) is 0 Å². The molecule has 4 rings (SSSR count). The Morgan fingerprint density at radius 1 is 0.938 bits per heavy atom. The molecule has 164 valence electrons. The second-order valence-electron chi connectivity index (χ2n) is 6.85. The summed E-state index contributed by atoms with van der Waals surface area (Å²) in [7, 11) is -4.04. The fraction of sp³-hybridized carbons (Fsp3) is 0.0909. The van der Waals surface area contributed by atoms with Gasteiger partial charge in [0, 0.05) is 5.56 Å². The van der Waals surface area contributed by atoms with Gasteiger partial charge in [-0.05, 0) is 48.5 Å². The minimum Gasteiger partial charge on any atom is -0.447 e. The maximum absolute atomic E-state index is 13.8. The fourth-order valence-corrected chi connectivity index (χ4v) is 4.22. The number of anilines is 3. The Labute approximate surface area is 183 Å². The third kappa shape index (κ3) is 4.40. The smallest absolute Gasteiger partial charge is 0.414 e. The number of para-hydroxylation sites is 3. The number of cyclic esters (lactones) is 1. The fourth-order valence-electron chi connectivity index (χ4n) is 3.15. The Bertz CT molecular complexity index is 1280. The highest BCUT2D eigenvalue weighted by Crippen LogP contribution is 2.28. The van der Waals surface area contributed by atoms with Crippen LogP contribution in [0.3, 0.4) is 0 Å². The number of carbonyl (C=O) groups excluding carboxylic acids is 2. The van der Waals surface area contributed by atoms with Crippen LogP contribution < -0.4 is 14.9 Å². The predicted octanol–water partition coefficient (Wildman–Crippen LogP) is 3.84. The molecule has 2 amide bonds. The summed E-state index contributed by atoms with van der Waals surface area (Å²) in [6.45, 7) is 0.630. The summed E-state index contributed by atoms with van der Waals surface area (Å²) in [6, 6.07) is 17.4. The van der Waals surface area contributed by atoms with Crippen molar-refractivity contribution in [2.24, 2.45) is 0 Å². The Morgan fingerprint density at radius 2 is 1.59 bits per heavy atom. The molecular formula is C22H18FN3O5S. The molecule has 0 unspecified atom stereocenters. The number of carbonyl (C=O) groups is 2. The number of ether oxygens (including phenoxy) is 1. The molecule has 1 aliphatic heterocycles. The molecule has 1 fully saturated rings. The van der Waals surface area contributed by atoms with Crippen LogP contribution in [0.2, 0.25) is 0 Å². The van der Waals surface area contributed by atoms with Crippen molar-refractivity contribution in [2.45, 2.75) is 4.90 Å². The summed E-state index contributed by atoms with van der Waals surface area (Å²) in [5, 5.41) is 2.73. The van der Waals surface area contributed by atoms with Crippen LogP contribution in [0.15, 0.2) is 77.7 Å². The topological polar surface area (TPSA) is 105 Å². The van der Waals surface area contributed by atoms with Crippen LogP contribution in [0.4, 0.5) is 26.2 Å². The van der Waals surface area contributed by atoms with Crippen LogP contribution in [0.5, 0.6) is 0 Å². The molecule has 3 aromatic rings. The van der Waals surface area contributed by atoms with Gasteiger partial charge in [0.25, 0.3) is 15.9 Å². The van der Waals surface area contributed by atoms with Gasteiger partial charge in [0.1, 0.15) is 12.4 Å². The van der Waals surface area contributed by atoms with Gasteiger partial charge < -0.3 is 10.1 Å². The van der Waals surface area contributed by atoms with Gasteiger partial charge in [0.15, 0.2) is 0 Å². The van der Waals surface area contributed by atoms with Gasteiger partial charge in [-0.3, -0.25) is 14.4 Å². The number of amides is 2. The average Bonchev–Trinajstić information content (AvgIpc) is 3.21. The Morgan fingerprint density at radius 3 is 2.25 bits per heavy atom. The van der Waals surface area contributed by atoms with Crippen LogP contribution in [-0.2, 0) is 14.8 Å². The number of benzene rings is 3. The van der Waals surface area contributed by atoms with Crippen molar-refractivity contribution in [3.05, 3.63) is 84.2 Å². The van der Waals surface area contributed by atoms with Gasteiger partial charge in [-0.2, -0.15) is 0 Å². The number of nitrogens with zero attached hydrogens (tertiary/aromatic N) is 1. The van der Waals surface area contributed by atoms with Crippen molar-refractivity contribution >= 4 is 39.1 Å². The maximum Gasteiger partial charge on any atom is 0.414 e. The first kappa shape index (κ1) is 21.3. The molecule has 1 aliphatic rings. The molecule has 3 aromatic carbocycles. The quantitative estimate of drug-likeness (QED) is 0.588. The molecule has 1 heterocycles. The van der Waals surface area contributed by atoms with E-state index in [1.165, 1.54) is 47.4 Å². The lowest BCUT2D eigenvalue weighted by Crippen LogP contribution is -2.25. The zero-order valence-corrected chi connectivity index (χ0v) is 17.4. The lowest BCUT2D eigenvalue weighted by molar-refractivity contribution is 0.102. The highest BCUT2D eigenvalue weighted by Gasteiger charge is 2.26. The molecule has 10 heteroatoms. The summed E-state index contributed by atoms with van der Waals surface area (Å²) in [5.74, 6) is -1.19. The Kier molecular flexibility index (Phi) is 5.78. The zero-order valence-electron chi connectivity index (χ0n) is 16.6. The van der Waals surface area contributed by atoms with Gasteiger partial charge in [-0.15, -0.1) is 0 Å². The van der Waals surface area contributed by atoms with Crippen molar-refractivity contribution in [3.63, 3.8) is 0 Å². The first-order chi connectivity index (χ1) is 15.3. The van der Waals surface area contributed by atoms with Crippen molar-refractivity contribution in [1.82, 2.24) is 0 Å². The summed E-state index contributed by atoms with van der Waals surface area (Å²) >= 11 is 0. The molecule has 0 radical (unpaired) electrons. The highest BCUT2D eigenvalue weighted by molar-refractivity contribution is 7.92. The lowest BCUT2D eigenvalue weighted by atomic mass is 10.2. The first-order valence-electron chi connectivity index (χ1n) is 9.57. The summed E-state index contributed by atoms with van der Waals surface area (Å²) in [4.78, 5) is 25.9. The summed E-state index contributed by atoms with van der Waals surface area (Å²) < 4.78 is 45.9. The number of sulfonamides is 1. The number of rotatable bonds is 6. The van der Waals surface area contributed by atoms with E-state index in [2.05, 4.69) is 10.0 Å². The minimum absolute atomic E-state index is 0.127. The van der Waals surface area contributed by atoms with Gasteiger partial charge in [-0.25, -0.2) is 17.6 Å². The third-order valence-electron chi connectivity index (χ3n) is 4.75. The van der Waals surface area contributed by atoms with Crippen molar-refractivity contribution in [1.29, 1.82) is 0 Å². The zero-order chi connectivity index (χ0) is 22.7. The van der Waals surface area contributed by atoms with Crippen LogP contribution in [-0.4, -0.2) is 33.6 Å². The van der Waals surface area contributed by atoms with E-state index in [0.29, 0.717) is 17.9 Å². The van der Waals surface area contributed by atoms with Gasteiger partial charge in [0.2, 0.25) is 0 Å². The van der Waals surface area contributed by atoms with E-state index in [4.69, 9.17) is 4.74 Å². The second-order valence-corrected chi connectivity index (χ2v) is 8.53. The Balaban J connectivity index is 1.51. The summed E-state index contributed by atoms with van der Waals surface area (Å²) in [5.41, 5.74) is 0.936. The van der Waals surface area contributed by atoms with Crippen LogP contribution >= 0.6 is 0 Å². The van der Waals surface area contributed by atoms with E-state index in [1.807, 2.05) is 0 Å². The predicted molar refractivity (Wildman–Crippen MR) is 117 cm³/mol. The number of halogens is 1. The SMILES string of the molecule is O=C(Nc1ccccc1N1CCOC1=O)c1ccc(S(=O)(=O)Nc2ccccc2F)cc1. The average molecular weight is 455 g/mol. The van der Waals surface area contributed by atoms with Crippen molar-refractivity contribution < 1.29 is 27.1 Å². The number of hydrogen-bond acceptors (Lipinski definition) is 5. The van der Waals surface area contributed by atoms with Crippen molar-refractivity contribution in [2.75, 3.05) is 28.1 Å². The number of hydrogen-bond donors (Lipinski definition) is 2. The lowest BCUT2D eigenvalue weighted by Gasteiger charge is -2.17. The molecule has 0 aromatic heterocycles. The molecule has 8 nitrogen and oxygen atoms in total. The van der Waals surface area contributed by atoms with E-state index < -0.39 is 27.8 Å². The van der Waals surface area contributed by atoms with Gasteiger partial charge in [0.05, 0.1) is 28.5 Å². The molecule has 0 spiro atoms. The third-order valence-corrected chi connectivity index (χ3v) is 6.13. The molecule has 1 saturated heterocycles. The molecular weight excluding hydrogens is 437 g/mol. The van der Waals surface area contributed by atoms with Gasteiger partial charge >= 0.3 is 6.09 Å². The monoisotopic (exact) mass is 455 g/mol. The molecule has 0 aliphatic carbocycles. The molecule has 0 atom stereocenters. The second kappa shape index (κ2) is 8.67. The largest absolute Gasteiger partial charge is 0.447 e. The van der Waals surface area contributed by atoms with Crippen LogP contribution in [0.25, 0.3) is 0 Å². The standard InChI is InChI=1S/C22H18FN3O5S/c23-17-5-1-2-6-18(17)25-32(29,30)16-11-9-15(10-12-16)21(27)24-19-7-3-4-8-20(19)26-13-14-31-22(26)28/h1-12,25H,13-14H2,(H,24,27). The Hall–Kier alpha value is -3.92. The first-order valence-corrected chi connectivity index (χ1v) is 11.1. The molecule has 32 heavy (non-hydrogen) atoms. The summed E-state index contributed by atoms with van der Waals surface area (Å²) in [6.07, 6.45) is -0.497. The van der Waals surface area contributed by atoms with Crippen LogP contribution in [0.1, 0.15) is 10.4 Å².